The number of benzene rings is 1. The molecule has 0 radical (unpaired) electrons. The maximum absolute atomic E-state index is 13.5. The van der Waals surface area contributed by atoms with Crippen molar-refractivity contribution in [3.63, 3.8) is 0 Å². The van der Waals surface area contributed by atoms with Crippen LogP contribution < -0.4 is 4.90 Å². The first-order valence-electron chi connectivity index (χ1n) is 4.96. The van der Waals surface area contributed by atoms with Gasteiger partial charge < -0.3 is 10.0 Å². The molecular formula is C11H13F4NO. The molecular weight excluding hydrogens is 238 g/mol. The Kier molecular flexibility index (Phi) is 3.98. The summed E-state index contributed by atoms with van der Waals surface area (Å²) in [6.07, 6.45) is -5.24. The van der Waals surface area contributed by atoms with Crippen molar-refractivity contribution in [1.82, 2.24) is 0 Å². The van der Waals surface area contributed by atoms with E-state index in [4.69, 9.17) is 0 Å². The van der Waals surface area contributed by atoms with Crippen molar-refractivity contribution in [1.29, 1.82) is 0 Å². The summed E-state index contributed by atoms with van der Waals surface area (Å²) in [6.45, 7) is 0.228. The lowest BCUT2D eigenvalue weighted by Gasteiger charge is -2.22. The van der Waals surface area contributed by atoms with E-state index in [9.17, 15) is 22.7 Å². The molecule has 0 saturated carbocycles. The molecule has 0 amide bonds. The first kappa shape index (κ1) is 13.8. The van der Waals surface area contributed by atoms with Gasteiger partial charge in [0.25, 0.3) is 0 Å². The fourth-order valence-corrected chi connectivity index (χ4v) is 1.45. The average Bonchev–Trinajstić information content (AvgIpc) is 2.14. The van der Waals surface area contributed by atoms with Gasteiger partial charge in [0.1, 0.15) is 12.4 Å². The molecule has 1 rings (SSSR count). The third kappa shape index (κ3) is 3.89. The summed E-state index contributed by atoms with van der Waals surface area (Å²) in [7, 11) is 1.16. The lowest BCUT2D eigenvalue weighted by molar-refractivity contribution is -0.119. The van der Waals surface area contributed by atoms with Gasteiger partial charge in [-0.05, 0) is 24.6 Å². The minimum atomic E-state index is -4.38. The number of nitrogens with zero attached hydrogens (tertiary/aromatic N) is 1. The van der Waals surface area contributed by atoms with Crippen LogP contribution in [-0.4, -0.2) is 24.9 Å². The SMILES string of the molecule is CC(O)c1ccc(N(C)CC(F)(F)F)c(F)c1. The van der Waals surface area contributed by atoms with Crippen molar-refractivity contribution >= 4 is 5.69 Å². The second-order valence-electron chi connectivity index (χ2n) is 3.86. The van der Waals surface area contributed by atoms with Gasteiger partial charge in [-0.3, -0.25) is 0 Å². The predicted octanol–water partition coefficient (Wildman–Crippen LogP) is 2.88. The highest BCUT2D eigenvalue weighted by molar-refractivity contribution is 5.48. The van der Waals surface area contributed by atoms with Crippen molar-refractivity contribution < 1.29 is 22.7 Å². The summed E-state index contributed by atoms with van der Waals surface area (Å²) in [5.41, 5.74) is 0.179. The number of rotatable bonds is 3. The van der Waals surface area contributed by atoms with Crippen molar-refractivity contribution in [3.8, 4) is 0 Å². The molecule has 1 atom stereocenters. The maximum Gasteiger partial charge on any atom is 0.405 e. The second-order valence-corrected chi connectivity index (χ2v) is 3.86. The number of aliphatic hydroxyl groups excluding tert-OH is 1. The summed E-state index contributed by atoms with van der Waals surface area (Å²) in [5.74, 6) is -0.782. The van der Waals surface area contributed by atoms with Crippen LogP contribution in [0.5, 0.6) is 0 Å². The van der Waals surface area contributed by atoms with E-state index < -0.39 is 24.6 Å². The normalized spacial score (nSPS) is 13.6. The molecule has 0 aliphatic heterocycles. The molecule has 96 valence electrons. The number of alkyl halides is 3. The van der Waals surface area contributed by atoms with E-state index in [2.05, 4.69) is 0 Å². The van der Waals surface area contributed by atoms with Crippen molar-refractivity contribution in [3.05, 3.63) is 29.6 Å². The van der Waals surface area contributed by atoms with Crippen LogP contribution in [0.15, 0.2) is 18.2 Å². The van der Waals surface area contributed by atoms with Crippen LogP contribution >= 0.6 is 0 Å². The smallest absolute Gasteiger partial charge is 0.389 e. The highest BCUT2D eigenvalue weighted by Gasteiger charge is 2.30. The molecule has 1 aromatic rings. The monoisotopic (exact) mass is 251 g/mol. The van der Waals surface area contributed by atoms with Gasteiger partial charge in [0.05, 0.1) is 11.8 Å². The van der Waals surface area contributed by atoms with E-state index in [1.54, 1.807) is 0 Å². The van der Waals surface area contributed by atoms with Crippen LogP contribution in [0.25, 0.3) is 0 Å². The zero-order valence-corrected chi connectivity index (χ0v) is 9.42. The molecule has 1 N–H and O–H groups in total. The van der Waals surface area contributed by atoms with Crippen LogP contribution in [0.1, 0.15) is 18.6 Å². The third-order valence-corrected chi connectivity index (χ3v) is 2.28. The minimum absolute atomic E-state index is 0.147. The van der Waals surface area contributed by atoms with Gasteiger partial charge in [-0.25, -0.2) is 4.39 Å². The Bertz CT molecular complexity index is 390. The van der Waals surface area contributed by atoms with Crippen LogP contribution in [-0.2, 0) is 0 Å². The van der Waals surface area contributed by atoms with Gasteiger partial charge in [-0.15, -0.1) is 0 Å². The molecule has 17 heavy (non-hydrogen) atoms. The standard InChI is InChI=1S/C11H13F4NO/c1-7(17)8-3-4-10(9(12)5-8)16(2)6-11(13,14)15/h3-5,7,17H,6H2,1-2H3. The van der Waals surface area contributed by atoms with E-state index in [-0.39, 0.29) is 5.69 Å². The number of anilines is 1. The average molecular weight is 251 g/mol. The third-order valence-electron chi connectivity index (χ3n) is 2.28. The number of aliphatic hydroxyl groups is 1. The maximum atomic E-state index is 13.5. The highest BCUT2D eigenvalue weighted by atomic mass is 19.4. The molecule has 6 heteroatoms. The molecule has 0 aliphatic carbocycles. The Morgan fingerprint density at radius 2 is 1.94 bits per heavy atom. The van der Waals surface area contributed by atoms with E-state index in [1.165, 1.54) is 19.1 Å². The molecule has 0 aliphatic rings. The number of halogens is 4. The van der Waals surface area contributed by atoms with Crippen molar-refractivity contribution in [2.45, 2.75) is 19.2 Å². The highest BCUT2D eigenvalue weighted by Crippen LogP contribution is 2.25. The van der Waals surface area contributed by atoms with Gasteiger partial charge >= 0.3 is 6.18 Å². The molecule has 0 bridgehead atoms. The first-order chi connectivity index (χ1) is 7.70. The first-order valence-corrected chi connectivity index (χ1v) is 4.96. The quantitative estimate of drug-likeness (QED) is 0.835. The lowest BCUT2D eigenvalue weighted by atomic mass is 10.1. The van der Waals surface area contributed by atoms with Crippen molar-refractivity contribution in [2.75, 3.05) is 18.5 Å². The molecule has 0 spiro atoms. The molecule has 1 unspecified atom stereocenters. The Morgan fingerprint density at radius 1 is 1.35 bits per heavy atom. The molecule has 0 heterocycles. The molecule has 2 nitrogen and oxygen atoms in total. The van der Waals surface area contributed by atoms with Crippen LogP contribution in [0.4, 0.5) is 23.2 Å². The van der Waals surface area contributed by atoms with Crippen LogP contribution in [0.3, 0.4) is 0 Å². The zero-order chi connectivity index (χ0) is 13.2. The fraction of sp³-hybridized carbons (Fsp3) is 0.455. The van der Waals surface area contributed by atoms with Crippen molar-refractivity contribution in [2.24, 2.45) is 0 Å². The molecule has 0 fully saturated rings. The number of hydrogen-bond acceptors (Lipinski definition) is 2. The second kappa shape index (κ2) is 4.91. The Balaban J connectivity index is 2.92. The predicted molar refractivity (Wildman–Crippen MR) is 56.4 cm³/mol. The Morgan fingerprint density at radius 3 is 2.35 bits per heavy atom. The Labute approximate surface area is 96.5 Å². The summed E-state index contributed by atoms with van der Waals surface area (Å²) in [5, 5.41) is 9.20. The van der Waals surface area contributed by atoms with Crippen LogP contribution in [0.2, 0.25) is 0 Å². The van der Waals surface area contributed by atoms with Gasteiger partial charge in [0.2, 0.25) is 0 Å². The van der Waals surface area contributed by atoms with E-state index in [1.807, 2.05) is 0 Å². The Hall–Kier alpha value is -1.30. The summed E-state index contributed by atoms with van der Waals surface area (Å²) in [6, 6.07) is 3.66. The van der Waals surface area contributed by atoms with Gasteiger partial charge in [-0.1, -0.05) is 6.07 Å². The van der Waals surface area contributed by atoms with Gasteiger partial charge in [0.15, 0.2) is 0 Å². The summed E-state index contributed by atoms with van der Waals surface area (Å²) >= 11 is 0. The summed E-state index contributed by atoms with van der Waals surface area (Å²) in [4.78, 5) is 0.779. The van der Waals surface area contributed by atoms with Gasteiger partial charge in [-0.2, -0.15) is 13.2 Å². The molecule has 0 saturated heterocycles. The van der Waals surface area contributed by atoms with E-state index >= 15 is 0 Å². The largest absolute Gasteiger partial charge is 0.405 e. The van der Waals surface area contributed by atoms with Gasteiger partial charge in [0, 0.05) is 7.05 Å². The summed E-state index contributed by atoms with van der Waals surface area (Å²) < 4.78 is 49.9. The van der Waals surface area contributed by atoms with E-state index in [0.717, 1.165) is 18.0 Å². The zero-order valence-electron chi connectivity index (χ0n) is 9.42. The molecule has 1 aromatic carbocycles. The molecule has 0 aromatic heterocycles. The number of hydrogen-bond donors (Lipinski definition) is 1. The minimum Gasteiger partial charge on any atom is -0.389 e. The van der Waals surface area contributed by atoms with E-state index in [0.29, 0.717) is 5.56 Å². The van der Waals surface area contributed by atoms with Crippen LogP contribution in [0, 0.1) is 5.82 Å². The lowest BCUT2D eigenvalue weighted by Crippen LogP contribution is -2.31. The fourth-order valence-electron chi connectivity index (χ4n) is 1.45. The topological polar surface area (TPSA) is 23.5 Å².